The second-order valence-electron chi connectivity index (χ2n) is 7.81. The van der Waals surface area contributed by atoms with Gasteiger partial charge >= 0.3 is 0 Å². The molecule has 1 aliphatic rings. The van der Waals surface area contributed by atoms with Gasteiger partial charge in [-0.05, 0) is 50.4 Å². The first-order valence-electron chi connectivity index (χ1n) is 10.1. The van der Waals surface area contributed by atoms with Crippen LogP contribution >= 0.6 is 34.5 Å². The molecular formula is C21H23Cl2N5O2S. The highest BCUT2D eigenvalue weighted by molar-refractivity contribution is 7.16. The molecule has 2 amide bonds. The first-order chi connectivity index (χ1) is 14.9. The number of amides is 2. The van der Waals surface area contributed by atoms with E-state index >= 15 is 0 Å². The van der Waals surface area contributed by atoms with E-state index in [4.69, 9.17) is 23.2 Å². The predicted molar refractivity (Wildman–Crippen MR) is 123 cm³/mol. The largest absolute Gasteiger partial charge is 0.357 e. The van der Waals surface area contributed by atoms with Crippen LogP contribution in [0.25, 0.3) is 10.9 Å². The number of hydrogen-bond acceptors (Lipinski definition) is 5. The number of carbonyl (C=O) groups is 2. The van der Waals surface area contributed by atoms with Crippen molar-refractivity contribution in [3.63, 3.8) is 0 Å². The lowest BCUT2D eigenvalue weighted by molar-refractivity contribution is -0.129. The molecule has 0 saturated carbocycles. The van der Waals surface area contributed by atoms with Crippen LogP contribution in [0.4, 0.5) is 0 Å². The van der Waals surface area contributed by atoms with Crippen LogP contribution in [-0.4, -0.2) is 40.4 Å². The van der Waals surface area contributed by atoms with E-state index in [9.17, 15) is 9.59 Å². The van der Waals surface area contributed by atoms with Gasteiger partial charge in [-0.2, -0.15) is 0 Å². The fraction of sp³-hybridized carbons (Fsp3) is 0.381. The van der Waals surface area contributed by atoms with Crippen LogP contribution in [0.2, 0.25) is 9.36 Å². The van der Waals surface area contributed by atoms with Gasteiger partial charge in [0.05, 0.1) is 17.6 Å². The topological polar surface area (TPSA) is 98.9 Å². The molecule has 4 rings (SSSR count). The summed E-state index contributed by atoms with van der Waals surface area (Å²) in [6, 6.07) is 4.77. The second kappa shape index (κ2) is 9.56. The number of nitrogens with one attached hydrogen (secondary N) is 4. The molecule has 164 valence electrons. The molecule has 0 radical (unpaired) electrons. The fourth-order valence-corrected chi connectivity index (χ4v) is 5.33. The molecule has 0 bridgehead atoms. The molecule has 3 aromatic rings. The summed E-state index contributed by atoms with van der Waals surface area (Å²) in [5.74, 6) is -0.0752. The quantitative estimate of drug-likeness (QED) is 0.417. The molecule has 0 aliphatic carbocycles. The first kappa shape index (κ1) is 22.1. The zero-order valence-corrected chi connectivity index (χ0v) is 19.2. The highest BCUT2D eigenvalue weighted by Crippen LogP contribution is 2.34. The lowest BCUT2D eigenvalue weighted by Gasteiger charge is -2.17. The molecular weight excluding hydrogens is 457 g/mol. The van der Waals surface area contributed by atoms with Gasteiger partial charge in [-0.1, -0.05) is 23.2 Å². The van der Waals surface area contributed by atoms with E-state index in [0.717, 1.165) is 34.4 Å². The van der Waals surface area contributed by atoms with E-state index in [0.29, 0.717) is 28.2 Å². The van der Waals surface area contributed by atoms with Gasteiger partial charge in [0, 0.05) is 33.9 Å². The van der Waals surface area contributed by atoms with Crippen molar-refractivity contribution < 1.29 is 9.59 Å². The Morgan fingerprint density at radius 1 is 1.35 bits per heavy atom. The normalized spacial score (nSPS) is 19.5. The standard InChI is InChI=1S/C21H23Cl2N5O2S/c1-11(20(29)26-10-14-6-13-9-24-3-2-17(13)28-14)27-21(30)18-5-12(8-25-18)4-15-7-16(22)19(23)31-15/h2-3,6-7,9,11-12,18,25,28H,4-5,8,10H2,1H3,(H,26,29)(H,27,30)/t11-,12-,18+/m0/s1. The van der Waals surface area contributed by atoms with Crippen LogP contribution in [-0.2, 0) is 22.6 Å². The van der Waals surface area contributed by atoms with Crippen molar-refractivity contribution >= 4 is 57.3 Å². The van der Waals surface area contributed by atoms with Crippen LogP contribution in [0.3, 0.4) is 0 Å². The molecule has 0 unspecified atom stereocenters. The number of fused-ring (bicyclic) bond motifs is 1. The Morgan fingerprint density at radius 2 is 2.19 bits per heavy atom. The second-order valence-corrected chi connectivity index (χ2v) is 9.95. The van der Waals surface area contributed by atoms with Gasteiger partial charge in [-0.25, -0.2) is 0 Å². The lowest BCUT2D eigenvalue weighted by Crippen LogP contribution is -2.49. The van der Waals surface area contributed by atoms with Crippen molar-refractivity contribution in [2.45, 2.75) is 38.4 Å². The molecule has 31 heavy (non-hydrogen) atoms. The summed E-state index contributed by atoms with van der Waals surface area (Å²) in [4.78, 5) is 33.5. The number of H-pyrrole nitrogens is 1. The number of nitrogens with zero attached hydrogens (tertiary/aromatic N) is 1. The summed E-state index contributed by atoms with van der Waals surface area (Å²) in [6.45, 7) is 2.77. The third-order valence-electron chi connectivity index (χ3n) is 5.41. The Balaban J connectivity index is 1.23. The Kier molecular flexibility index (Phi) is 6.81. The zero-order valence-electron chi connectivity index (χ0n) is 16.9. The first-order valence-corrected chi connectivity index (χ1v) is 11.6. The number of aromatic nitrogens is 2. The minimum atomic E-state index is -0.630. The summed E-state index contributed by atoms with van der Waals surface area (Å²) < 4.78 is 0.598. The number of halogens is 2. The molecule has 4 N–H and O–H groups in total. The Morgan fingerprint density at radius 3 is 2.94 bits per heavy atom. The van der Waals surface area contributed by atoms with Crippen LogP contribution in [0.5, 0.6) is 0 Å². The van der Waals surface area contributed by atoms with Gasteiger partial charge in [0.25, 0.3) is 0 Å². The van der Waals surface area contributed by atoms with Crippen molar-refractivity contribution in [1.82, 2.24) is 25.9 Å². The molecule has 4 heterocycles. The molecule has 3 aromatic heterocycles. The summed E-state index contributed by atoms with van der Waals surface area (Å²) >= 11 is 13.5. The molecule has 1 aliphatic heterocycles. The van der Waals surface area contributed by atoms with Crippen LogP contribution in [0, 0.1) is 5.92 Å². The Bertz CT molecular complexity index is 1050. The van der Waals surface area contributed by atoms with Crippen molar-refractivity contribution in [2.75, 3.05) is 6.54 Å². The summed E-state index contributed by atoms with van der Waals surface area (Å²) in [5, 5.41) is 10.5. The number of aromatic amines is 1. The molecule has 0 spiro atoms. The Hall–Kier alpha value is -2.13. The molecule has 1 fully saturated rings. The maximum atomic E-state index is 12.6. The van der Waals surface area contributed by atoms with Crippen molar-refractivity contribution in [3.05, 3.63) is 50.5 Å². The fourth-order valence-electron chi connectivity index (χ4n) is 3.78. The van der Waals surface area contributed by atoms with E-state index in [1.165, 1.54) is 11.3 Å². The summed E-state index contributed by atoms with van der Waals surface area (Å²) in [5.41, 5.74) is 1.85. The summed E-state index contributed by atoms with van der Waals surface area (Å²) in [6.07, 6.45) is 5.01. The predicted octanol–water partition coefficient (Wildman–Crippen LogP) is 3.27. The van der Waals surface area contributed by atoms with Crippen LogP contribution < -0.4 is 16.0 Å². The highest BCUT2D eigenvalue weighted by Gasteiger charge is 2.31. The van der Waals surface area contributed by atoms with Crippen molar-refractivity contribution in [3.8, 4) is 0 Å². The van der Waals surface area contributed by atoms with Gasteiger partial charge in [-0.3, -0.25) is 14.6 Å². The average molecular weight is 480 g/mol. The minimum absolute atomic E-state index is 0.163. The zero-order chi connectivity index (χ0) is 22.0. The average Bonchev–Trinajstić information content (AvgIpc) is 3.45. The number of hydrogen-bond donors (Lipinski definition) is 4. The van der Waals surface area contributed by atoms with Crippen LogP contribution in [0.15, 0.2) is 30.6 Å². The number of thiophene rings is 1. The van der Waals surface area contributed by atoms with E-state index in [-0.39, 0.29) is 17.9 Å². The van der Waals surface area contributed by atoms with E-state index in [1.807, 2.05) is 18.2 Å². The molecule has 7 nitrogen and oxygen atoms in total. The maximum absolute atomic E-state index is 12.6. The lowest BCUT2D eigenvalue weighted by atomic mass is 10.0. The molecule has 1 saturated heterocycles. The molecule has 10 heteroatoms. The SMILES string of the molecule is C[C@H](NC(=O)[C@H]1C[C@H](Cc2cc(Cl)c(Cl)s2)CN1)C(=O)NCc1cc2cnccc2[nH]1. The minimum Gasteiger partial charge on any atom is -0.357 e. The number of carbonyl (C=O) groups excluding carboxylic acids is 2. The van der Waals surface area contributed by atoms with E-state index < -0.39 is 6.04 Å². The number of rotatable bonds is 7. The third kappa shape index (κ3) is 5.38. The van der Waals surface area contributed by atoms with Gasteiger partial charge in [0.15, 0.2) is 0 Å². The van der Waals surface area contributed by atoms with E-state index in [2.05, 4.69) is 25.9 Å². The third-order valence-corrected chi connectivity index (χ3v) is 7.29. The van der Waals surface area contributed by atoms with Gasteiger partial charge in [-0.15, -0.1) is 11.3 Å². The highest BCUT2D eigenvalue weighted by atomic mass is 35.5. The maximum Gasteiger partial charge on any atom is 0.242 e. The van der Waals surface area contributed by atoms with Crippen LogP contribution in [0.1, 0.15) is 23.9 Å². The van der Waals surface area contributed by atoms with Crippen molar-refractivity contribution in [2.24, 2.45) is 5.92 Å². The molecule has 3 atom stereocenters. The molecule has 0 aromatic carbocycles. The van der Waals surface area contributed by atoms with E-state index in [1.54, 1.807) is 19.3 Å². The van der Waals surface area contributed by atoms with Gasteiger partial charge < -0.3 is 20.9 Å². The summed E-state index contributed by atoms with van der Waals surface area (Å²) in [7, 11) is 0. The van der Waals surface area contributed by atoms with Gasteiger partial charge in [0.2, 0.25) is 11.8 Å². The smallest absolute Gasteiger partial charge is 0.242 e. The van der Waals surface area contributed by atoms with Gasteiger partial charge in [0.1, 0.15) is 10.4 Å². The monoisotopic (exact) mass is 479 g/mol. The Labute approximate surface area is 193 Å². The van der Waals surface area contributed by atoms with Crippen molar-refractivity contribution in [1.29, 1.82) is 0 Å². The number of pyridine rings is 1.